The standard InChI is InChI=1S/C24H23BrN2O5/c1-4-11-32-21-18(25)13-15(14-20(21)31-6-3)12-17-22(28)26-24(30)27(23(17)29)19-10-8-7-9-16(19)5-2/h4,7-10,12-14H,1,5-6,11H2,2-3H3,(H,26,28,30)/b17-12-. The monoisotopic (exact) mass is 498 g/mol. The van der Waals surface area contributed by atoms with Crippen LogP contribution in [0.3, 0.4) is 0 Å². The zero-order valence-electron chi connectivity index (χ0n) is 17.8. The van der Waals surface area contributed by atoms with Crippen molar-refractivity contribution in [2.75, 3.05) is 18.1 Å². The molecule has 7 nitrogen and oxygen atoms in total. The van der Waals surface area contributed by atoms with Crippen LogP contribution in [0.15, 0.2) is 59.1 Å². The molecular weight excluding hydrogens is 476 g/mol. The molecule has 1 aliphatic rings. The molecule has 3 rings (SSSR count). The third kappa shape index (κ3) is 4.75. The largest absolute Gasteiger partial charge is 0.490 e. The molecule has 166 valence electrons. The van der Waals surface area contributed by atoms with E-state index in [1.807, 2.05) is 26.0 Å². The van der Waals surface area contributed by atoms with Crippen LogP contribution in [0.4, 0.5) is 10.5 Å². The minimum atomic E-state index is -0.776. The van der Waals surface area contributed by atoms with Crippen LogP contribution in [0, 0.1) is 0 Å². The van der Waals surface area contributed by atoms with Gasteiger partial charge in [-0.15, -0.1) is 0 Å². The number of aryl methyl sites for hydroxylation is 1. The van der Waals surface area contributed by atoms with Crippen LogP contribution >= 0.6 is 15.9 Å². The average molecular weight is 499 g/mol. The number of benzene rings is 2. The number of hydrogen-bond donors (Lipinski definition) is 1. The molecule has 0 bridgehead atoms. The van der Waals surface area contributed by atoms with Crippen LogP contribution in [0.2, 0.25) is 0 Å². The van der Waals surface area contributed by atoms with E-state index in [1.165, 1.54) is 6.08 Å². The Balaban J connectivity index is 2.05. The lowest BCUT2D eigenvalue weighted by molar-refractivity contribution is -0.122. The first-order valence-corrected chi connectivity index (χ1v) is 10.9. The highest BCUT2D eigenvalue weighted by Crippen LogP contribution is 2.38. The number of hydrogen-bond acceptors (Lipinski definition) is 5. The van der Waals surface area contributed by atoms with E-state index < -0.39 is 17.8 Å². The van der Waals surface area contributed by atoms with Gasteiger partial charge in [-0.05, 0) is 64.7 Å². The summed E-state index contributed by atoms with van der Waals surface area (Å²) in [5.41, 5.74) is 1.63. The second kappa shape index (κ2) is 10.3. The lowest BCUT2D eigenvalue weighted by Gasteiger charge is -2.28. The van der Waals surface area contributed by atoms with Crippen molar-refractivity contribution in [3.05, 3.63) is 70.2 Å². The van der Waals surface area contributed by atoms with Crippen molar-refractivity contribution in [2.24, 2.45) is 0 Å². The Hall–Kier alpha value is -3.39. The Morgan fingerprint density at radius 3 is 2.56 bits per heavy atom. The minimum absolute atomic E-state index is 0.162. The molecule has 0 unspecified atom stereocenters. The van der Waals surface area contributed by atoms with Crippen LogP contribution < -0.4 is 19.7 Å². The van der Waals surface area contributed by atoms with Gasteiger partial charge in [-0.1, -0.05) is 37.8 Å². The lowest BCUT2D eigenvalue weighted by atomic mass is 10.0. The molecule has 32 heavy (non-hydrogen) atoms. The van der Waals surface area contributed by atoms with Crippen LogP contribution in [0.5, 0.6) is 11.5 Å². The van der Waals surface area contributed by atoms with E-state index in [2.05, 4.69) is 27.8 Å². The molecule has 0 atom stereocenters. The molecule has 0 saturated carbocycles. The van der Waals surface area contributed by atoms with E-state index in [4.69, 9.17) is 9.47 Å². The number of urea groups is 1. The van der Waals surface area contributed by atoms with Gasteiger partial charge in [0, 0.05) is 0 Å². The summed E-state index contributed by atoms with van der Waals surface area (Å²) in [5.74, 6) is -0.516. The van der Waals surface area contributed by atoms with Crippen molar-refractivity contribution in [3.8, 4) is 11.5 Å². The second-order valence-electron chi connectivity index (χ2n) is 6.80. The molecule has 0 spiro atoms. The molecule has 2 aromatic rings. The molecular formula is C24H23BrN2O5. The first-order chi connectivity index (χ1) is 15.4. The van der Waals surface area contributed by atoms with E-state index in [9.17, 15) is 14.4 Å². The quantitative estimate of drug-likeness (QED) is 0.325. The Kier molecular flexibility index (Phi) is 7.48. The van der Waals surface area contributed by atoms with Crippen LogP contribution in [0.25, 0.3) is 6.08 Å². The summed E-state index contributed by atoms with van der Waals surface area (Å²) in [6.45, 7) is 8.08. The smallest absolute Gasteiger partial charge is 0.335 e. The molecule has 0 radical (unpaired) electrons. The van der Waals surface area contributed by atoms with E-state index in [0.717, 1.165) is 10.5 Å². The molecule has 0 aromatic heterocycles. The van der Waals surface area contributed by atoms with Gasteiger partial charge in [0.05, 0.1) is 16.8 Å². The molecule has 2 aromatic carbocycles. The zero-order chi connectivity index (χ0) is 23.3. The zero-order valence-corrected chi connectivity index (χ0v) is 19.4. The molecule has 0 aliphatic carbocycles. The maximum absolute atomic E-state index is 13.2. The number of anilines is 1. The number of carbonyl (C=O) groups excluding carboxylic acids is 3. The number of halogens is 1. The van der Waals surface area contributed by atoms with Gasteiger partial charge in [-0.3, -0.25) is 14.9 Å². The van der Waals surface area contributed by atoms with E-state index in [-0.39, 0.29) is 12.2 Å². The normalized spacial score (nSPS) is 15.0. The number of amides is 4. The third-order valence-electron chi connectivity index (χ3n) is 4.70. The van der Waals surface area contributed by atoms with Crippen molar-refractivity contribution >= 4 is 45.5 Å². The number of para-hydroxylation sites is 1. The second-order valence-corrected chi connectivity index (χ2v) is 7.66. The van der Waals surface area contributed by atoms with Gasteiger partial charge in [0.25, 0.3) is 11.8 Å². The molecule has 1 N–H and O–H groups in total. The molecule has 1 heterocycles. The predicted molar refractivity (Wildman–Crippen MR) is 126 cm³/mol. The highest BCUT2D eigenvalue weighted by atomic mass is 79.9. The maximum Gasteiger partial charge on any atom is 0.335 e. The number of rotatable bonds is 8. The summed E-state index contributed by atoms with van der Waals surface area (Å²) in [5, 5.41) is 2.25. The number of ether oxygens (including phenoxy) is 2. The molecule has 1 saturated heterocycles. The predicted octanol–water partition coefficient (Wildman–Crippen LogP) is 4.64. The first-order valence-electron chi connectivity index (χ1n) is 10.1. The Morgan fingerprint density at radius 2 is 1.88 bits per heavy atom. The Bertz CT molecular complexity index is 1110. The van der Waals surface area contributed by atoms with Crippen LogP contribution in [0.1, 0.15) is 25.0 Å². The fourth-order valence-electron chi connectivity index (χ4n) is 3.29. The number of barbiturate groups is 1. The third-order valence-corrected chi connectivity index (χ3v) is 5.29. The lowest BCUT2D eigenvalue weighted by Crippen LogP contribution is -2.54. The van der Waals surface area contributed by atoms with Gasteiger partial charge in [-0.25, -0.2) is 9.69 Å². The number of nitrogens with one attached hydrogen (secondary N) is 1. The van der Waals surface area contributed by atoms with Crippen LogP contribution in [-0.2, 0) is 16.0 Å². The number of imide groups is 2. The van der Waals surface area contributed by atoms with Gasteiger partial charge in [0.1, 0.15) is 12.2 Å². The van der Waals surface area contributed by atoms with Gasteiger partial charge >= 0.3 is 6.03 Å². The Morgan fingerprint density at radius 1 is 1.12 bits per heavy atom. The van der Waals surface area contributed by atoms with Crippen molar-refractivity contribution in [1.29, 1.82) is 0 Å². The molecule has 1 aliphatic heterocycles. The summed E-state index contributed by atoms with van der Waals surface area (Å²) in [6.07, 6.45) is 3.66. The average Bonchev–Trinajstić information content (AvgIpc) is 2.76. The van der Waals surface area contributed by atoms with Gasteiger partial charge < -0.3 is 9.47 Å². The highest BCUT2D eigenvalue weighted by molar-refractivity contribution is 9.10. The van der Waals surface area contributed by atoms with E-state index in [1.54, 1.807) is 30.3 Å². The molecule has 8 heteroatoms. The van der Waals surface area contributed by atoms with Crippen LogP contribution in [-0.4, -0.2) is 31.1 Å². The maximum atomic E-state index is 13.2. The highest BCUT2D eigenvalue weighted by Gasteiger charge is 2.37. The summed E-state index contributed by atoms with van der Waals surface area (Å²) in [6, 6.07) is 9.68. The first kappa shape index (κ1) is 23.3. The SMILES string of the molecule is C=CCOc1c(Br)cc(/C=C2/C(=O)NC(=O)N(c3ccccc3CC)C2=O)cc1OCC. The van der Waals surface area contributed by atoms with Gasteiger partial charge in [0.15, 0.2) is 11.5 Å². The summed E-state index contributed by atoms with van der Waals surface area (Å²) in [4.78, 5) is 39.3. The van der Waals surface area contributed by atoms with Crippen molar-refractivity contribution in [3.63, 3.8) is 0 Å². The molecule has 1 fully saturated rings. The van der Waals surface area contributed by atoms with E-state index in [0.29, 0.717) is 40.3 Å². The summed E-state index contributed by atoms with van der Waals surface area (Å²) in [7, 11) is 0. The summed E-state index contributed by atoms with van der Waals surface area (Å²) < 4.78 is 11.9. The van der Waals surface area contributed by atoms with Crippen molar-refractivity contribution in [2.45, 2.75) is 20.3 Å². The topological polar surface area (TPSA) is 84.9 Å². The molecule has 4 amide bonds. The number of nitrogens with zero attached hydrogens (tertiary/aromatic N) is 1. The van der Waals surface area contributed by atoms with E-state index >= 15 is 0 Å². The van der Waals surface area contributed by atoms with Crippen molar-refractivity contribution < 1.29 is 23.9 Å². The number of carbonyl (C=O) groups is 3. The minimum Gasteiger partial charge on any atom is -0.490 e. The fraction of sp³-hybridized carbons (Fsp3) is 0.208. The van der Waals surface area contributed by atoms with Gasteiger partial charge in [0.2, 0.25) is 0 Å². The summed E-state index contributed by atoms with van der Waals surface area (Å²) >= 11 is 3.45. The van der Waals surface area contributed by atoms with Gasteiger partial charge in [-0.2, -0.15) is 0 Å². The fourth-order valence-corrected chi connectivity index (χ4v) is 3.86. The Labute approximate surface area is 194 Å². The van der Waals surface area contributed by atoms with Crippen molar-refractivity contribution in [1.82, 2.24) is 5.32 Å².